The van der Waals surface area contributed by atoms with Crippen molar-refractivity contribution in [2.75, 3.05) is 7.11 Å². The lowest BCUT2D eigenvalue weighted by Crippen LogP contribution is -2.17. The van der Waals surface area contributed by atoms with Gasteiger partial charge in [0.05, 0.1) is 18.0 Å². The molecule has 0 aliphatic rings. The monoisotopic (exact) mass is 396 g/mol. The van der Waals surface area contributed by atoms with Gasteiger partial charge in [-0.2, -0.15) is 4.91 Å². The molecule has 0 spiro atoms. The summed E-state index contributed by atoms with van der Waals surface area (Å²) in [5, 5.41) is 14.5. The third kappa shape index (κ3) is 4.56. The van der Waals surface area contributed by atoms with Gasteiger partial charge >= 0.3 is 5.97 Å². The summed E-state index contributed by atoms with van der Waals surface area (Å²) in [6.45, 7) is 0. The van der Waals surface area contributed by atoms with Gasteiger partial charge in [-0.25, -0.2) is 0 Å². The fourth-order valence-corrected chi connectivity index (χ4v) is 3.10. The molecular formula is C17H14Cl2N2O5. The van der Waals surface area contributed by atoms with Crippen molar-refractivity contribution >= 4 is 34.9 Å². The van der Waals surface area contributed by atoms with E-state index in [1.807, 2.05) is 0 Å². The normalized spacial score (nSPS) is 12.9. The van der Waals surface area contributed by atoms with Gasteiger partial charge in [0, 0.05) is 22.2 Å². The summed E-state index contributed by atoms with van der Waals surface area (Å²) in [6, 6.07) is 9.17. The first kappa shape index (κ1) is 19.8. The molecule has 0 N–H and O–H groups in total. The molecule has 2 rings (SSSR count). The summed E-state index contributed by atoms with van der Waals surface area (Å²) in [4.78, 5) is 33.8. The van der Waals surface area contributed by atoms with Crippen LogP contribution in [-0.2, 0) is 9.53 Å². The van der Waals surface area contributed by atoms with E-state index in [4.69, 9.17) is 27.9 Å². The maximum absolute atomic E-state index is 12.2. The number of nitro groups is 1. The van der Waals surface area contributed by atoms with Crippen molar-refractivity contribution in [2.45, 2.75) is 18.4 Å². The highest BCUT2D eigenvalue weighted by Crippen LogP contribution is 2.36. The largest absolute Gasteiger partial charge is 0.469 e. The molecule has 2 aromatic rings. The zero-order valence-electron chi connectivity index (χ0n) is 13.6. The minimum atomic E-state index is -0.918. The van der Waals surface area contributed by atoms with Crippen LogP contribution in [0.1, 0.15) is 29.5 Å². The van der Waals surface area contributed by atoms with Crippen molar-refractivity contribution in [1.82, 2.24) is 0 Å². The molecule has 2 unspecified atom stereocenters. The number of ether oxygens (including phenoxy) is 1. The number of nitrogens with zero attached hydrogens (tertiary/aromatic N) is 2. The Bertz CT molecular complexity index is 826. The average molecular weight is 397 g/mol. The highest BCUT2D eigenvalue weighted by molar-refractivity contribution is 6.35. The number of hydrogen-bond acceptors (Lipinski definition) is 6. The first-order valence-corrected chi connectivity index (χ1v) is 8.22. The van der Waals surface area contributed by atoms with Crippen LogP contribution in [0.5, 0.6) is 0 Å². The predicted molar refractivity (Wildman–Crippen MR) is 97.5 cm³/mol. The molecule has 7 nitrogen and oxygen atoms in total. The molecule has 0 saturated heterocycles. The van der Waals surface area contributed by atoms with Crippen LogP contribution in [0.3, 0.4) is 0 Å². The second kappa shape index (κ2) is 8.73. The molecule has 0 bridgehead atoms. The molecule has 0 heterocycles. The van der Waals surface area contributed by atoms with Gasteiger partial charge in [0.15, 0.2) is 0 Å². The van der Waals surface area contributed by atoms with Crippen molar-refractivity contribution < 1.29 is 14.5 Å². The second-order valence-corrected chi connectivity index (χ2v) is 6.29. The molecule has 0 saturated carbocycles. The van der Waals surface area contributed by atoms with Crippen LogP contribution in [0.2, 0.25) is 10.0 Å². The van der Waals surface area contributed by atoms with Crippen LogP contribution >= 0.6 is 23.2 Å². The lowest BCUT2D eigenvalue weighted by molar-refractivity contribution is -0.384. The third-order valence-corrected chi connectivity index (χ3v) is 4.46. The third-order valence-electron chi connectivity index (χ3n) is 3.90. The Hall–Kier alpha value is -2.51. The zero-order valence-corrected chi connectivity index (χ0v) is 15.1. The quantitative estimate of drug-likeness (QED) is 0.282. The Labute approximate surface area is 159 Å². The van der Waals surface area contributed by atoms with Gasteiger partial charge < -0.3 is 4.74 Å². The molecular weight excluding hydrogens is 383 g/mol. The number of rotatable bonds is 7. The number of non-ortho nitro benzene ring substituents is 1. The number of carbonyl (C=O) groups is 1. The molecule has 0 aromatic heterocycles. The maximum Gasteiger partial charge on any atom is 0.313 e. The van der Waals surface area contributed by atoms with Gasteiger partial charge in [0.25, 0.3) is 5.69 Å². The number of nitro benzene ring substituents is 1. The fourth-order valence-electron chi connectivity index (χ4n) is 2.56. The highest BCUT2D eigenvalue weighted by Gasteiger charge is 2.28. The molecule has 0 aliphatic heterocycles. The number of benzene rings is 2. The van der Waals surface area contributed by atoms with Gasteiger partial charge in [-0.05, 0) is 29.7 Å². The highest BCUT2D eigenvalue weighted by atomic mass is 35.5. The van der Waals surface area contributed by atoms with E-state index in [1.54, 1.807) is 12.1 Å². The molecule has 0 radical (unpaired) electrons. The Morgan fingerprint density at radius 2 is 1.88 bits per heavy atom. The second-order valence-electron chi connectivity index (χ2n) is 5.45. The smallest absolute Gasteiger partial charge is 0.313 e. The standard InChI is InChI=1S/C17H14Cl2N2O5/c1-26-17(22)14(10-2-5-12(6-3-10)21(24)25)9-16(20-23)13-7-4-11(18)8-15(13)19/h2-8,14,16H,9H2,1H3. The molecule has 0 aliphatic carbocycles. The molecule has 0 amide bonds. The molecule has 2 aromatic carbocycles. The number of hydrogen-bond donors (Lipinski definition) is 0. The van der Waals surface area contributed by atoms with Crippen LogP contribution in [-0.4, -0.2) is 18.0 Å². The molecule has 2 atom stereocenters. The van der Waals surface area contributed by atoms with E-state index in [0.29, 0.717) is 16.1 Å². The topological polar surface area (TPSA) is 98.9 Å². The van der Waals surface area contributed by atoms with Gasteiger partial charge in [-0.15, -0.1) is 0 Å². The predicted octanol–water partition coefficient (Wildman–Crippen LogP) is 5.06. The summed E-state index contributed by atoms with van der Waals surface area (Å²) >= 11 is 12.0. The first-order chi connectivity index (χ1) is 12.4. The van der Waals surface area contributed by atoms with Gasteiger partial charge in [-0.1, -0.05) is 46.6 Å². The van der Waals surface area contributed by atoms with Crippen LogP contribution < -0.4 is 0 Å². The van der Waals surface area contributed by atoms with E-state index in [9.17, 15) is 19.8 Å². The summed E-state index contributed by atoms with van der Waals surface area (Å²) < 4.78 is 4.80. The van der Waals surface area contributed by atoms with Crippen molar-refractivity contribution in [2.24, 2.45) is 5.18 Å². The van der Waals surface area contributed by atoms with Crippen molar-refractivity contribution in [3.05, 3.63) is 78.7 Å². The summed E-state index contributed by atoms with van der Waals surface area (Å²) in [7, 11) is 1.22. The number of nitroso groups, excluding NO2 is 1. The van der Waals surface area contributed by atoms with Gasteiger partial charge in [0.2, 0.25) is 0 Å². The van der Waals surface area contributed by atoms with Crippen LogP contribution in [0, 0.1) is 15.0 Å². The van der Waals surface area contributed by atoms with Crippen molar-refractivity contribution in [3.63, 3.8) is 0 Å². The Kier molecular flexibility index (Phi) is 6.65. The number of halogens is 2. The van der Waals surface area contributed by atoms with Crippen molar-refractivity contribution in [3.8, 4) is 0 Å². The fraction of sp³-hybridized carbons (Fsp3) is 0.235. The van der Waals surface area contributed by atoms with Crippen LogP contribution in [0.25, 0.3) is 0 Å². The van der Waals surface area contributed by atoms with Crippen molar-refractivity contribution in [1.29, 1.82) is 0 Å². The average Bonchev–Trinajstić information content (AvgIpc) is 2.63. The lowest BCUT2D eigenvalue weighted by Gasteiger charge is -2.19. The molecule has 0 fully saturated rings. The summed E-state index contributed by atoms with van der Waals surface area (Å²) in [5.41, 5.74) is 0.797. The van der Waals surface area contributed by atoms with E-state index in [1.165, 1.54) is 37.4 Å². The Morgan fingerprint density at radius 3 is 2.38 bits per heavy atom. The van der Waals surface area contributed by atoms with Crippen LogP contribution in [0.15, 0.2) is 47.6 Å². The maximum atomic E-state index is 12.2. The molecule has 26 heavy (non-hydrogen) atoms. The number of methoxy groups -OCH3 is 1. The van der Waals surface area contributed by atoms with E-state index < -0.39 is 22.9 Å². The van der Waals surface area contributed by atoms with E-state index in [2.05, 4.69) is 5.18 Å². The van der Waals surface area contributed by atoms with Gasteiger partial charge in [0.1, 0.15) is 6.04 Å². The minimum absolute atomic E-state index is 0.00463. The lowest BCUT2D eigenvalue weighted by atomic mass is 9.89. The van der Waals surface area contributed by atoms with Gasteiger partial charge in [-0.3, -0.25) is 14.9 Å². The van der Waals surface area contributed by atoms with E-state index >= 15 is 0 Å². The van der Waals surface area contributed by atoms with Crippen LogP contribution in [0.4, 0.5) is 5.69 Å². The van der Waals surface area contributed by atoms with E-state index in [-0.39, 0.29) is 17.1 Å². The minimum Gasteiger partial charge on any atom is -0.469 e. The SMILES string of the molecule is COC(=O)C(CC(N=O)c1ccc(Cl)cc1Cl)c1ccc([N+](=O)[O-])cc1. The summed E-state index contributed by atoms with van der Waals surface area (Å²) in [5.74, 6) is -1.42. The zero-order chi connectivity index (χ0) is 19.3. The number of esters is 1. The molecule has 9 heteroatoms. The first-order valence-electron chi connectivity index (χ1n) is 7.47. The summed E-state index contributed by atoms with van der Waals surface area (Å²) in [6.07, 6.45) is -0.00463. The Balaban J connectivity index is 2.35. The number of carbonyl (C=O) groups excluding carboxylic acids is 1. The van der Waals surface area contributed by atoms with E-state index in [0.717, 1.165) is 0 Å². The Morgan fingerprint density at radius 1 is 1.23 bits per heavy atom. The molecule has 136 valence electrons.